The summed E-state index contributed by atoms with van der Waals surface area (Å²) in [7, 11) is 2.02. The van der Waals surface area contributed by atoms with E-state index in [9.17, 15) is 13.2 Å². The third kappa shape index (κ3) is 4.69. The van der Waals surface area contributed by atoms with Crippen LogP contribution in [-0.2, 0) is 12.7 Å². The zero-order valence-electron chi connectivity index (χ0n) is 19.5. The predicted molar refractivity (Wildman–Crippen MR) is 145 cm³/mol. The molecule has 0 bridgehead atoms. The van der Waals surface area contributed by atoms with Crippen LogP contribution in [0.1, 0.15) is 23.1 Å². The summed E-state index contributed by atoms with van der Waals surface area (Å²) in [4.78, 5) is 6.48. The maximum Gasteiger partial charge on any atom is 0.416 e. The number of benzene rings is 2. The molecule has 1 fully saturated rings. The summed E-state index contributed by atoms with van der Waals surface area (Å²) < 4.78 is 42.5. The van der Waals surface area contributed by atoms with Crippen LogP contribution in [-0.4, -0.2) is 18.5 Å². The van der Waals surface area contributed by atoms with E-state index in [1.165, 1.54) is 23.5 Å². The Morgan fingerprint density at radius 3 is 2.67 bits per heavy atom. The molecule has 2 aromatic carbocycles. The summed E-state index contributed by atoms with van der Waals surface area (Å²) >= 11 is 11.0. The third-order valence-corrected chi connectivity index (χ3v) is 9.62. The van der Waals surface area contributed by atoms with Crippen LogP contribution in [0.15, 0.2) is 86.2 Å². The molecule has 0 atom stereocenters. The van der Waals surface area contributed by atoms with Gasteiger partial charge in [0, 0.05) is 29.1 Å². The van der Waals surface area contributed by atoms with Gasteiger partial charge in [0.25, 0.3) is 5.01 Å². The van der Waals surface area contributed by atoms with Crippen molar-refractivity contribution >= 4 is 58.2 Å². The fourth-order valence-electron chi connectivity index (χ4n) is 4.20. The Kier molecular flexibility index (Phi) is 6.93. The van der Waals surface area contributed by atoms with Crippen LogP contribution >= 0.6 is 46.5 Å². The first kappa shape index (κ1) is 25.3. The van der Waals surface area contributed by atoms with Crippen molar-refractivity contribution in [3.63, 3.8) is 0 Å². The average Bonchev–Trinajstić information content (AvgIpc) is 3.50. The fourth-order valence-corrected chi connectivity index (χ4v) is 7.75. The molecule has 0 unspecified atom stereocenters. The summed E-state index contributed by atoms with van der Waals surface area (Å²) in [5.41, 5.74) is 1.61. The van der Waals surface area contributed by atoms with Crippen LogP contribution in [0.2, 0.25) is 5.02 Å². The van der Waals surface area contributed by atoms with Gasteiger partial charge in [-0.05, 0) is 31.2 Å². The number of thiazole rings is 1. The number of fused-ring (bicyclic) bond motifs is 1. The van der Waals surface area contributed by atoms with Crippen molar-refractivity contribution < 1.29 is 17.7 Å². The van der Waals surface area contributed by atoms with E-state index in [0.717, 1.165) is 48.9 Å². The number of aromatic nitrogens is 1. The minimum atomic E-state index is -4.39. The molecule has 10 heteroatoms. The van der Waals surface area contributed by atoms with Gasteiger partial charge in [-0.3, -0.25) is 0 Å². The van der Waals surface area contributed by atoms with Crippen molar-refractivity contribution in [2.45, 2.75) is 24.5 Å². The zero-order valence-corrected chi connectivity index (χ0v) is 22.7. The Labute approximate surface area is 225 Å². The van der Waals surface area contributed by atoms with Crippen LogP contribution in [0.25, 0.3) is 6.08 Å². The van der Waals surface area contributed by atoms with Gasteiger partial charge in [-0.1, -0.05) is 71.2 Å². The van der Waals surface area contributed by atoms with E-state index in [-0.39, 0.29) is 12.1 Å². The molecule has 0 N–H and O–H groups in total. The monoisotopic (exact) mass is 564 g/mol. The molecular formula is C26H22ClF3N3S3+. The molecule has 2 aliphatic rings. The van der Waals surface area contributed by atoms with Gasteiger partial charge in [0.1, 0.15) is 0 Å². The molecule has 5 rings (SSSR count). The molecule has 0 spiro atoms. The van der Waals surface area contributed by atoms with E-state index >= 15 is 0 Å². The highest BCUT2D eigenvalue weighted by Gasteiger charge is 2.36. The number of hydrogen-bond acceptors (Lipinski definition) is 5. The van der Waals surface area contributed by atoms with E-state index in [1.807, 2.05) is 47.5 Å². The molecular weight excluding hydrogens is 543 g/mol. The summed E-state index contributed by atoms with van der Waals surface area (Å²) in [6.45, 7) is 7.30. The van der Waals surface area contributed by atoms with E-state index in [4.69, 9.17) is 11.6 Å². The van der Waals surface area contributed by atoms with Crippen LogP contribution in [0.3, 0.4) is 0 Å². The van der Waals surface area contributed by atoms with Gasteiger partial charge in [-0.25, -0.2) is 0 Å². The Morgan fingerprint density at radius 1 is 1.14 bits per heavy atom. The highest BCUT2D eigenvalue weighted by molar-refractivity contribution is 8.09. The predicted octanol–water partition coefficient (Wildman–Crippen LogP) is 8.05. The maximum absolute atomic E-state index is 13.5. The Hall–Kier alpha value is -2.33. The minimum absolute atomic E-state index is 0.138. The first-order valence-electron chi connectivity index (χ1n) is 11.1. The molecule has 0 amide bonds. The van der Waals surface area contributed by atoms with Gasteiger partial charge >= 0.3 is 6.18 Å². The van der Waals surface area contributed by atoms with Gasteiger partial charge in [0.05, 0.1) is 43.4 Å². The van der Waals surface area contributed by atoms with Gasteiger partial charge in [0.15, 0.2) is 12.7 Å². The van der Waals surface area contributed by atoms with Gasteiger partial charge in [0.2, 0.25) is 0 Å². The number of thioether (sulfide) groups is 2. The number of likely N-dealkylation sites (N-methyl/N-ethyl adjacent to an activating group) is 1. The van der Waals surface area contributed by atoms with Crippen molar-refractivity contribution in [2.75, 3.05) is 18.5 Å². The molecule has 36 heavy (non-hydrogen) atoms. The lowest BCUT2D eigenvalue weighted by molar-refractivity contribution is -0.685. The number of nitrogens with zero attached hydrogens (tertiary/aromatic N) is 3. The molecule has 0 radical (unpaired) electrons. The van der Waals surface area contributed by atoms with Crippen LogP contribution in [0.5, 0.6) is 0 Å². The summed E-state index contributed by atoms with van der Waals surface area (Å²) in [6.07, 6.45) is -0.523. The number of alkyl halides is 3. The van der Waals surface area contributed by atoms with Crippen molar-refractivity contribution in [3.8, 4) is 0 Å². The van der Waals surface area contributed by atoms with Crippen molar-refractivity contribution in [3.05, 3.63) is 102 Å². The molecule has 3 aromatic rings. The summed E-state index contributed by atoms with van der Waals surface area (Å²) in [6, 6.07) is 11.6. The molecule has 3 heterocycles. The van der Waals surface area contributed by atoms with Crippen LogP contribution in [0.4, 0.5) is 18.9 Å². The molecule has 0 aliphatic carbocycles. The number of hydrogen-bond donors (Lipinski definition) is 0. The Balaban J connectivity index is 1.47. The van der Waals surface area contributed by atoms with E-state index in [0.29, 0.717) is 5.02 Å². The second-order valence-corrected chi connectivity index (χ2v) is 11.6. The molecule has 3 nitrogen and oxygen atoms in total. The molecule has 1 aromatic heterocycles. The minimum Gasteiger partial charge on any atom is -0.337 e. The molecule has 1 saturated heterocycles. The molecule has 2 aliphatic heterocycles. The lowest BCUT2D eigenvalue weighted by Crippen LogP contribution is -2.35. The van der Waals surface area contributed by atoms with Gasteiger partial charge in [-0.15, -0.1) is 0 Å². The summed E-state index contributed by atoms with van der Waals surface area (Å²) in [5.74, 6) is 0. The lowest BCUT2D eigenvalue weighted by Gasteiger charge is -2.18. The largest absolute Gasteiger partial charge is 0.416 e. The van der Waals surface area contributed by atoms with Gasteiger partial charge < -0.3 is 9.80 Å². The van der Waals surface area contributed by atoms with E-state index in [2.05, 4.69) is 23.3 Å². The molecule has 186 valence electrons. The van der Waals surface area contributed by atoms with Crippen molar-refractivity contribution in [2.24, 2.45) is 0 Å². The van der Waals surface area contributed by atoms with Crippen LogP contribution < -0.4 is 9.47 Å². The number of halogens is 4. The second-order valence-electron chi connectivity index (χ2n) is 8.21. The quantitative estimate of drug-likeness (QED) is 0.297. The van der Waals surface area contributed by atoms with Crippen LogP contribution in [0, 0.1) is 0 Å². The van der Waals surface area contributed by atoms with E-state index < -0.39 is 11.7 Å². The van der Waals surface area contributed by atoms with Crippen molar-refractivity contribution in [1.82, 2.24) is 4.90 Å². The Morgan fingerprint density at radius 2 is 1.92 bits per heavy atom. The second kappa shape index (κ2) is 9.85. The highest BCUT2D eigenvalue weighted by atomic mass is 35.5. The normalized spacial score (nSPS) is 19.1. The number of anilines is 1. The summed E-state index contributed by atoms with van der Waals surface area (Å²) in [5, 5.41) is 5.54. The third-order valence-electron chi connectivity index (χ3n) is 5.99. The average molecular weight is 565 g/mol. The van der Waals surface area contributed by atoms with Gasteiger partial charge in [-0.2, -0.15) is 17.7 Å². The van der Waals surface area contributed by atoms with Crippen molar-refractivity contribution in [1.29, 1.82) is 0 Å². The highest BCUT2D eigenvalue weighted by Crippen LogP contribution is 2.54. The Bertz CT molecular complexity index is 1410. The smallest absolute Gasteiger partial charge is 0.337 e. The standard InChI is InChI=1S/C26H22ClF3N3S3/c1-4-33-16(2)24(25-31(3)20-13-18(27)9-10-21(20)35-25)36-23(33)14-22-32(11-12-34-22)15-17-7-5-6-8-19(17)26(28,29)30/h5-14H,2,4,15H2,1,3H3/q+1/b25-24+. The SMILES string of the molecule is C=C1/C(=C2\Sc3ccc(Cl)cc3N2C)S/C(=C\c2scc[n+]2Cc2ccccc2C(F)(F)F)N1CC. The zero-order chi connectivity index (χ0) is 25.6. The number of rotatable bonds is 4. The fraction of sp³-hybridized carbons (Fsp3) is 0.192. The maximum atomic E-state index is 13.5. The topological polar surface area (TPSA) is 10.4 Å². The van der Waals surface area contributed by atoms with E-state index in [1.54, 1.807) is 29.6 Å². The molecule has 0 saturated carbocycles. The lowest BCUT2D eigenvalue weighted by atomic mass is 10.1. The first-order valence-corrected chi connectivity index (χ1v) is 14.0. The first-order chi connectivity index (χ1) is 17.2.